The Morgan fingerprint density at radius 3 is 2.26 bits per heavy atom. The summed E-state index contributed by atoms with van der Waals surface area (Å²) in [5.41, 5.74) is 1.39. The number of nitrogens with one attached hydrogen (secondary N) is 1. The molecule has 1 atom stereocenters. The number of ether oxygens (including phenoxy) is 2. The molecule has 3 aromatic rings. The van der Waals surface area contributed by atoms with Crippen molar-refractivity contribution >= 4 is 35.1 Å². The molecule has 0 saturated heterocycles. The van der Waals surface area contributed by atoms with Crippen LogP contribution in [0.4, 0.5) is 0 Å². The van der Waals surface area contributed by atoms with Crippen LogP contribution in [0, 0.1) is 0 Å². The summed E-state index contributed by atoms with van der Waals surface area (Å²) in [6, 6.07) is 17.5. The highest BCUT2D eigenvalue weighted by atomic mass is 35.5. The smallest absolute Gasteiger partial charge is 0.343 e. The highest BCUT2D eigenvalue weighted by Crippen LogP contribution is 2.22. The fourth-order valence-electron chi connectivity index (χ4n) is 3.84. The number of benzene rings is 3. The number of carbonyl (C=O) groups excluding carboxylic acids is 2. The molecule has 8 heteroatoms. The third kappa shape index (κ3) is 9.65. The van der Waals surface area contributed by atoms with E-state index < -0.39 is 17.9 Å². The van der Waals surface area contributed by atoms with Gasteiger partial charge >= 0.3 is 5.97 Å². The number of unbranched alkanes of at least 4 members (excludes halogenated alkanes) is 4. The average Bonchev–Trinajstić information content (AvgIpc) is 2.92. The van der Waals surface area contributed by atoms with Crippen LogP contribution in [0.15, 0.2) is 79.1 Å². The van der Waals surface area contributed by atoms with Crippen LogP contribution in [0.5, 0.6) is 11.5 Å². The standard InChI is InChI=1S/C31H33Cl2NO5/c1-3-4-5-6-7-18-38-25-15-10-23(11-16-25)31(37)39-26-13-8-22(9-14-26)19-29(21(2)35)34-30(36)27-20-24(32)12-17-28(27)33/h8-17,20,29,35H,2-7,18-19H2,1H3,(H,34,36)/t29-/m0/s1. The number of aliphatic hydroxyl groups is 1. The molecule has 0 saturated carbocycles. The molecule has 3 aromatic carbocycles. The maximum atomic E-state index is 12.7. The van der Waals surface area contributed by atoms with E-state index >= 15 is 0 Å². The molecule has 6 nitrogen and oxygen atoms in total. The Morgan fingerprint density at radius 2 is 1.59 bits per heavy atom. The molecule has 0 bridgehead atoms. The summed E-state index contributed by atoms with van der Waals surface area (Å²) >= 11 is 12.1. The van der Waals surface area contributed by atoms with Crippen LogP contribution in [-0.4, -0.2) is 29.6 Å². The Labute approximate surface area is 239 Å². The maximum Gasteiger partial charge on any atom is 0.343 e. The predicted molar refractivity (Wildman–Crippen MR) is 155 cm³/mol. The molecule has 206 valence electrons. The molecule has 0 spiro atoms. The number of aliphatic hydroxyl groups excluding tert-OH is 1. The molecule has 0 fully saturated rings. The zero-order valence-electron chi connectivity index (χ0n) is 21.9. The highest BCUT2D eigenvalue weighted by molar-refractivity contribution is 6.35. The number of carbonyl (C=O) groups is 2. The molecule has 0 aliphatic rings. The van der Waals surface area contributed by atoms with E-state index in [0.29, 0.717) is 22.9 Å². The number of rotatable bonds is 14. The molecule has 1 amide bonds. The molecule has 0 radical (unpaired) electrons. The molecule has 0 aliphatic carbocycles. The van der Waals surface area contributed by atoms with Crippen LogP contribution >= 0.6 is 23.2 Å². The van der Waals surface area contributed by atoms with E-state index in [1.807, 2.05) is 0 Å². The van der Waals surface area contributed by atoms with Gasteiger partial charge in [-0.3, -0.25) is 4.79 Å². The van der Waals surface area contributed by atoms with Crippen molar-refractivity contribution in [3.05, 3.63) is 106 Å². The minimum absolute atomic E-state index is 0.194. The molecule has 0 unspecified atom stereocenters. The van der Waals surface area contributed by atoms with Crippen LogP contribution < -0.4 is 14.8 Å². The topological polar surface area (TPSA) is 84.9 Å². The van der Waals surface area contributed by atoms with Crippen LogP contribution in [-0.2, 0) is 6.42 Å². The van der Waals surface area contributed by atoms with Gasteiger partial charge in [0.25, 0.3) is 5.91 Å². The van der Waals surface area contributed by atoms with E-state index in [2.05, 4.69) is 18.8 Å². The lowest BCUT2D eigenvalue weighted by Crippen LogP contribution is -2.37. The van der Waals surface area contributed by atoms with E-state index in [4.69, 9.17) is 32.7 Å². The number of amides is 1. The largest absolute Gasteiger partial charge is 0.511 e. The first-order valence-corrected chi connectivity index (χ1v) is 13.7. The summed E-state index contributed by atoms with van der Waals surface area (Å²) in [5.74, 6) is -0.0971. The van der Waals surface area contributed by atoms with E-state index in [0.717, 1.165) is 24.2 Å². The molecule has 0 aliphatic heterocycles. The van der Waals surface area contributed by atoms with Crippen molar-refractivity contribution in [2.75, 3.05) is 6.61 Å². The van der Waals surface area contributed by atoms with Gasteiger partial charge in [0.2, 0.25) is 0 Å². The van der Waals surface area contributed by atoms with E-state index in [-0.39, 0.29) is 22.8 Å². The SMILES string of the molecule is C=C(O)[C@H](Cc1ccc(OC(=O)c2ccc(OCCCCCCC)cc2)cc1)NC(=O)c1cc(Cl)ccc1Cl. The summed E-state index contributed by atoms with van der Waals surface area (Å²) in [5, 5.41) is 13.4. The second-order valence-corrected chi connectivity index (χ2v) is 10.0. The highest BCUT2D eigenvalue weighted by Gasteiger charge is 2.19. The maximum absolute atomic E-state index is 12.7. The fraction of sp³-hybridized carbons (Fsp3) is 0.290. The Bertz CT molecular complexity index is 1260. The van der Waals surface area contributed by atoms with Gasteiger partial charge in [0, 0.05) is 5.02 Å². The van der Waals surface area contributed by atoms with Gasteiger partial charge in [-0.25, -0.2) is 4.79 Å². The normalized spacial score (nSPS) is 11.5. The van der Waals surface area contributed by atoms with Crippen LogP contribution in [0.3, 0.4) is 0 Å². The Hall–Kier alpha value is -3.48. The average molecular weight is 571 g/mol. The summed E-state index contributed by atoms with van der Waals surface area (Å²) in [6.45, 7) is 6.41. The van der Waals surface area contributed by atoms with Gasteiger partial charge in [0.15, 0.2) is 0 Å². The first kappa shape index (κ1) is 30.1. The summed E-state index contributed by atoms with van der Waals surface area (Å²) < 4.78 is 11.2. The van der Waals surface area contributed by atoms with Crippen molar-refractivity contribution in [1.29, 1.82) is 0 Å². The van der Waals surface area contributed by atoms with Gasteiger partial charge in [-0.1, -0.05) is 74.5 Å². The summed E-state index contributed by atoms with van der Waals surface area (Å²) in [7, 11) is 0. The van der Waals surface area contributed by atoms with Gasteiger partial charge in [-0.2, -0.15) is 0 Å². The Morgan fingerprint density at radius 1 is 0.923 bits per heavy atom. The van der Waals surface area contributed by atoms with E-state index in [1.54, 1.807) is 54.6 Å². The van der Waals surface area contributed by atoms with E-state index in [9.17, 15) is 14.7 Å². The number of hydrogen-bond donors (Lipinski definition) is 2. The molecule has 3 rings (SSSR count). The van der Waals surface area contributed by atoms with Crippen molar-refractivity contribution in [3.63, 3.8) is 0 Å². The van der Waals surface area contributed by atoms with Crippen molar-refractivity contribution in [3.8, 4) is 11.5 Å². The molecular weight excluding hydrogens is 537 g/mol. The van der Waals surface area contributed by atoms with Crippen molar-refractivity contribution in [2.24, 2.45) is 0 Å². The third-order valence-corrected chi connectivity index (χ3v) is 6.63. The van der Waals surface area contributed by atoms with Crippen LogP contribution in [0.1, 0.15) is 65.3 Å². The lowest BCUT2D eigenvalue weighted by Gasteiger charge is -2.18. The number of hydrogen-bond acceptors (Lipinski definition) is 5. The van der Waals surface area contributed by atoms with Crippen molar-refractivity contribution < 1.29 is 24.2 Å². The van der Waals surface area contributed by atoms with Crippen molar-refractivity contribution in [1.82, 2.24) is 5.32 Å². The van der Waals surface area contributed by atoms with Gasteiger partial charge in [-0.05, 0) is 73.0 Å². The van der Waals surface area contributed by atoms with Crippen LogP contribution in [0.2, 0.25) is 10.0 Å². The minimum Gasteiger partial charge on any atom is -0.511 e. The number of esters is 1. The number of halogens is 2. The Balaban J connectivity index is 1.52. The fourth-order valence-corrected chi connectivity index (χ4v) is 4.21. The predicted octanol–water partition coefficient (Wildman–Crippen LogP) is 7.97. The lowest BCUT2D eigenvalue weighted by molar-refractivity contribution is 0.0734. The third-order valence-electron chi connectivity index (χ3n) is 6.06. The van der Waals surface area contributed by atoms with Gasteiger partial charge in [-0.15, -0.1) is 0 Å². The molecule has 0 aromatic heterocycles. The van der Waals surface area contributed by atoms with Gasteiger partial charge in [0.1, 0.15) is 17.3 Å². The first-order valence-electron chi connectivity index (χ1n) is 12.9. The van der Waals surface area contributed by atoms with E-state index in [1.165, 1.54) is 31.4 Å². The van der Waals surface area contributed by atoms with Gasteiger partial charge < -0.3 is 19.9 Å². The Kier molecular flexibility index (Phi) is 11.7. The molecule has 39 heavy (non-hydrogen) atoms. The van der Waals surface area contributed by atoms with Gasteiger partial charge in [0.05, 0.1) is 28.8 Å². The first-order chi connectivity index (χ1) is 18.8. The zero-order valence-corrected chi connectivity index (χ0v) is 23.4. The molecule has 0 heterocycles. The minimum atomic E-state index is -0.766. The summed E-state index contributed by atoms with van der Waals surface area (Å²) in [6.07, 6.45) is 6.10. The summed E-state index contributed by atoms with van der Waals surface area (Å²) in [4.78, 5) is 25.3. The van der Waals surface area contributed by atoms with Crippen molar-refractivity contribution in [2.45, 2.75) is 51.5 Å². The second kappa shape index (κ2) is 15.2. The monoisotopic (exact) mass is 569 g/mol. The quantitative estimate of drug-likeness (QED) is 0.0889. The second-order valence-electron chi connectivity index (χ2n) is 9.17. The molecule has 2 N–H and O–H groups in total. The zero-order chi connectivity index (χ0) is 28.2. The lowest BCUT2D eigenvalue weighted by atomic mass is 10.0. The molecular formula is C31H33Cl2NO5. The van der Waals surface area contributed by atoms with Crippen LogP contribution in [0.25, 0.3) is 0 Å².